The molecule has 7 N–H and O–H groups in total. The first-order valence-corrected chi connectivity index (χ1v) is 11.5. The molecule has 0 spiro atoms. The highest BCUT2D eigenvalue weighted by Crippen LogP contribution is 2.54. The van der Waals surface area contributed by atoms with Crippen LogP contribution in [0.4, 0.5) is 4.39 Å². The van der Waals surface area contributed by atoms with E-state index < -0.39 is 69.6 Å². The summed E-state index contributed by atoms with van der Waals surface area (Å²) in [5.74, 6) is -8.58. The molecule has 1 aromatic rings. The number of carbonyl (C=O) groups is 3. The Morgan fingerprint density at radius 1 is 1.19 bits per heavy atom. The molecule has 4 atom stereocenters. The van der Waals surface area contributed by atoms with E-state index in [1.807, 2.05) is 0 Å². The number of ketones is 2. The van der Waals surface area contributed by atoms with E-state index in [2.05, 4.69) is 0 Å². The van der Waals surface area contributed by atoms with Crippen LogP contribution in [-0.2, 0) is 33.9 Å². The van der Waals surface area contributed by atoms with Crippen LogP contribution in [0.25, 0.3) is 5.76 Å². The van der Waals surface area contributed by atoms with Crippen molar-refractivity contribution in [1.29, 1.82) is 0 Å². The quantitative estimate of drug-likeness (QED) is 0.311. The number of hydroxylamine groups is 2. The number of phenols is 1. The molecule has 1 fully saturated rings. The smallest absolute Gasteiger partial charge is 0.255 e. The number of aliphatic hydroxyl groups excluding tert-OH is 2. The number of aromatic hydroxyl groups is 1. The largest absolute Gasteiger partial charge is 0.508 e. The molecule has 0 saturated heterocycles. The number of nitrogens with zero attached hydrogens (tertiary/aromatic N) is 2. The number of hydrogen-bond donors (Lipinski definition) is 6. The number of amides is 1. The Labute approximate surface area is 204 Å². The third-order valence-electron chi connectivity index (χ3n) is 8.13. The third kappa shape index (κ3) is 2.89. The third-order valence-corrected chi connectivity index (χ3v) is 8.13. The second-order valence-corrected chi connectivity index (χ2v) is 9.87. The first-order valence-electron chi connectivity index (χ1n) is 11.5. The Morgan fingerprint density at radius 3 is 2.44 bits per heavy atom. The van der Waals surface area contributed by atoms with Gasteiger partial charge in [-0.1, -0.05) is 6.92 Å². The number of hydrogen-bond acceptors (Lipinski definition) is 10. The molecule has 12 heteroatoms. The van der Waals surface area contributed by atoms with Crippen molar-refractivity contribution in [3.05, 3.63) is 45.0 Å². The van der Waals surface area contributed by atoms with Crippen molar-refractivity contribution in [2.75, 3.05) is 13.6 Å². The molecule has 0 aromatic heterocycles. The highest BCUT2D eigenvalue weighted by molar-refractivity contribution is 6.24. The van der Waals surface area contributed by atoms with E-state index >= 15 is 4.39 Å². The highest BCUT2D eigenvalue weighted by atomic mass is 19.1. The second kappa shape index (κ2) is 7.84. The molecule has 192 valence electrons. The fourth-order valence-electron chi connectivity index (χ4n) is 6.31. The number of likely N-dealkylation sites (N-methyl/N-ethyl adjacent to an activating group) is 1. The van der Waals surface area contributed by atoms with Crippen molar-refractivity contribution < 1.29 is 44.4 Å². The zero-order chi connectivity index (χ0) is 26.4. The Kier molecular flexibility index (Phi) is 5.31. The zero-order valence-corrected chi connectivity index (χ0v) is 19.6. The van der Waals surface area contributed by atoms with Gasteiger partial charge >= 0.3 is 0 Å². The van der Waals surface area contributed by atoms with E-state index in [0.29, 0.717) is 0 Å². The van der Waals surface area contributed by atoms with E-state index in [-0.39, 0.29) is 60.3 Å². The Balaban J connectivity index is 1.75. The number of carbonyl (C=O) groups excluding carboxylic acids is 3. The number of aliphatic hydroxyl groups is 3. The summed E-state index contributed by atoms with van der Waals surface area (Å²) in [7, 11) is 1.55. The number of fused-ring (bicyclic) bond motifs is 4. The van der Waals surface area contributed by atoms with Gasteiger partial charge in [-0.05, 0) is 32.4 Å². The van der Waals surface area contributed by atoms with Crippen LogP contribution < -0.4 is 5.73 Å². The number of Topliss-reactive ketones (excluding diaryl/α,β-unsaturated/α-hetero) is 2. The molecule has 0 bridgehead atoms. The number of benzene rings is 1. The maximum atomic E-state index is 15.5. The highest BCUT2D eigenvalue weighted by Gasteiger charge is 2.64. The second-order valence-electron chi connectivity index (χ2n) is 9.87. The van der Waals surface area contributed by atoms with Crippen molar-refractivity contribution in [3.63, 3.8) is 0 Å². The fourth-order valence-corrected chi connectivity index (χ4v) is 6.31. The summed E-state index contributed by atoms with van der Waals surface area (Å²) in [6.45, 7) is 1.64. The van der Waals surface area contributed by atoms with Gasteiger partial charge in [-0.2, -0.15) is 5.06 Å². The summed E-state index contributed by atoms with van der Waals surface area (Å²) in [6.07, 6.45) is -0.267. The molecule has 1 aromatic carbocycles. The minimum Gasteiger partial charge on any atom is -0.508 e. The molecule has 0 radical (unpaired) electrons. The maximum absolute atomic E-state index is 15.5. The van der Waals surface area contributed by atoms with E-state index in [0.717, 1.165) is 5.06 Å². The van der Waals surface area contributed by atoms with E-state index in [4.69, 9.17) is 5.73 Å². The molecule has 1 amide bonds. The molecule has 3 aliphatic carbocycles. The van der Waals surface area contributed by atoms with Crippen molar-refractivity contribution in [2.24, 2.45) is 17.6 Å². The SMILES string of the molecule is CCN(C)[C@@H]1C(=O)C(C(N)=O)=C(O)[C@@]2(O)C(=O)C3=C(O)c4c(O)c5c(c(F)c4C[C@H]3C[C@@H]12)CN(O)C5. The van der Waals surface area contributed by atoms with Crippen molar-refractivity contribution in [3.8, 4) is 5.75 Å². The predicted molar refractivity (Wildman–Crippen MR) is 120 cm³/mol. The number of halogens is 1. The zero-order valence-electron chi connectivity index (χ0n) is 19.6. The molecular formula is C24H26FN3O8. The average Bonchev–Trinajstić information content (AvgIpc) is 3.21. The van der Waals surface area contributed by atoms with Gasteiger partial charge in [0.1, 0.15) is 28.7 Å². The summed E-state index contributed by atoms with van der Waals surface area (Å²) in [5.41, 5.74) is 1.09. The fraction of sp³-hybridized carbons (Fsp3) is 0.458. The summed E-state index contributed by atoms with van der Waals surface area (Å²) < 4.78 is 15.5. The van der Waals surface area contributed by atoms with Gasteiger partial charge in [-0.15, -0.1) is 0 Å². The molecule has 1 heterocycles. The van der Waals surface area contributed by atoms with Crippen LogP contribution in [0.5, 0.6) is 5.75 Å². The van der Waals surface area contributed by atoms with Gasteiger partial charge in [0.2, 0.25) is 5.78 Å². The van der Waals surface area contributed by atoms with Crippen molar-refractivity contribution >= 4 is 23.2 Å². The van der Waals surface area contributed by atoms with E-state index in [1.165, 1.54) is 4.90 Å². The van der Waals surface area contributed by atoms with Crippen LogP contribution in [-0.4, -0.2) is 78.3 Å². The number of rotatable bonds is 3. The minimum absolute atomic E-state index is 0.0499. The van der Waals surface area contributed by atoms with Crippen LogP contribution in [0.15, 0.2) is 16.9 Å². The molecule has 36 heavy (non-hydrogen) atoms. The monoisotopic (exact) mass is 503 g/mol. The van der Waals surface area contributed by atoms with Gasteiger partial charge < -0.3 is 31.4 Å². The maximum Gasteiger partial charge on any atom is 0.255 e. The van der Waals surface area contributed by atoms with Gasteiger partial charge in [0.15, 0.2) is 11.4 Å². The van der Waals surface area contributed by atoms with Crippen LogP contribution in [0, 0.1) is 17.7 Å². The molecule has 11 nitrogen and oxygen atoms in total. The normalized spacial score (nSPS) is 29.9. The number of primary amides is 1. The van der Waals surface area contributed by atoms with E-state index in [9.17, 15) is 40.0 Å². The average molecular weight is 503 g/mol. The predicted octanol–water partition coefficient (Wildman–Crippen LogP) is 0.198. The summed E-state index contributed by atoms with van der Waals surface area (Å²) in [4.78, 5) is 40.6. The minimum atomic E-state index is -2.75. The molecule has 0 unspecified atom stereocenters. The lowest BCUT2D eigenvalue weighted by Gasteiger charge is -2.50. The van der Waals surface area contributed by atoms with Gasteiger partial charge in [0, 0.05) is 28.2 Å². The van der Waals surface area contributed by atoms with Crippen molar-refractivity contribution in [1.82, 2.24) is 9.96 Å². The molecular weight excluding hydrogens is 477 g/mol. The van der Waals surface area contributed by atoms with Crippen LogP contribution in [0.1, 0.15) is 35.6 Å². The van der Waals surface area contributed by atoms with Crippen LogP contribution >= 0.6 is 0 Å². The first kappa shape index (κ1) is 24.4. The Morgan fingerprint density at radius 2 is 1.83 bits per heavy atom. The lowest BCUT2D eigenvalue weighted by Crippen LogP contribution is -2.66. The summed E-state index contributed by atoms with van der Waals surface area (Å²) >= 11 is 0. The lowest BCUT2D eigenvalue weighted by atomic mass is 9.57. The Hall–Kier alpha value is -3.32. The topological polar surface area (TPSA) is 185 Å². The van der Waals surface area contributed by atoms with Gasteiger partial charge in [0.25, 0.3) is 5.91 Å². The van der Waals surface area contributed by atoms with Crippen molar-refractivity contribution in [2.45, 2.75) is 44.5 Å². The molecule has 4 aliphatic rings. The first-order chi connectivity index (χ1) is 16.9. The van der Waals surface area contributed by atoms with Gasteiger partial charge in [-0.25, -0.2) is 4.39 Å². The molecule has 5 rings (SSSR count). The molecule has 1 saturated carbocycles. The lowest BCUT2D eigenvalue weighted by molar-refractivity contribution is -0.154. The molecule has 1 aliphatic heterocycles. The number of phenolic OH excluding ortho intramolecular Hbond substituents is 1. The number of nitrogens with two attached hydrogens (primary N) is 1. The van der Waals surface area contributed by atoms with Gasteiger partial charge in [-0.3, -0.25) is 19.3 Å². The standard InChI is InChI=1S/C24H26FN3O8/c1-3-27(2)17-12-5-8-4-9-14(18(29)11-7-28(36)6-10(11)16(9)25)19(30)13(8)21(32)24(12,35)22(33)15(20(17)31)23(26)34/h8,12,17,29-30,33,35-36H,3-7H2,1-2H3,(H2,26,34)/t8-,12-,17-,24-/m0/s1. The van der Waals surface area contributed by atoms with Crippen LogP contribution in [0.2, 0.25) is 0 Å². The Bertz CT molecular complexity index is 1320. The summed E-state index contributed by atoms with van der Waals surface area (Å²) in [6, 6.07) is -1.20. The summed E-state index contributed by atoms with van der Waals surface area (Å²) in [5, 5.41) is 55.1. The van der Waals surface area contributed by atoms with E-state index in [1.54, 1.807) is 14.0 Å². The van der Waals surface area contributed by atoms with Crippen LogP contribution in [0.3, 0.4) is 0 Å². The van der Waals surface area contributed by atoms with Gasteiger partial charge in [0.05, 0.1) is 24.7 Å².